The highest BCUT2D eigenvalue weighted by atomic mass is 15.0. The van der Waals surface area contributed by atoms with E-state index in [2.05, 4.69) is 102 Å². The van der Waals surface area contributed by atoms with Gasteiger partial charge in [0.25, 0.3) is 0 Å². The van der Waals surface area contributed by atoms with Crippen molar-refractivity contribution in [3.05, 3.63) is 158 Å². The first kappa shape index (κ1) is 27.5. The summed E-state index contributed by atoms with van der Waals surface area (Å²) in [5.74, 6) is 1.96. The quantitative estimate of drug-likeness (QED) is 0.193. The summed E-state index contributed by atoms with van der Waals surface area (Å²) >= 11 is 0. The molecule has 9 aromatic rings. The lowest BCUT2D eigenvalue weighted by molar-refractivity contribution is 1.08. The second-order valence-corrected chi connectivity index (χ2v) is 11.3. The Morgan fingerprint density at radius 2 is 0.891 bits per heavy atom. The van der Waals surface area contributed by atoms with Gasteiger partial charge in [-0.1, -0.05) is 127 Å². The second-order valence-electron chi connectivity index (χ2n) is 11.3. The van der Waals surface area contributed by atoms with E-state index in [4.69, 9.17) is 15.0 Å². The van der Waals surface area contributed by atoms with Gasteiger partial charge in [-0.05, 0) is 46.5 Å². The Morgan fingerprint density at radius 1 is 0.370 bits per heavy atom. The first-order chi connectivity index (χ1) is 22.3. The lowest BCUT2D eigenvalue weighted by Crippen LogP contribution is -2.01. The maximum absolute atomic E-state index is 5.05. The summed E-state index contributed by atoms with van der Waals surface area (Å²) in [6, 6.07) is 55.1. The van der Waals surface area contributed by atoms with Crippen molar-refractivity contribution in [2.45, 2.75) is 0 Å². The molecule has 0 amide bonds. The maximum atomic E-state index is 5.05. The first-order valence-corrected chi connectivity index (χ1v) is 15.1. The fourth-order valence-electron chi connectivity index (χ4n) is 6.52. The normalized spacial score (nSPS) is 11.3. The van der Waals surface area contributed by atoms with Crippen LogP contribution in [0.25, 0.3) is 83.2 Å². The van der Waals surface area contributed by atoms with Crippen molar-refractivity contribution in [1.82, 2.24) is 19.5 Å². The molecule has 0 N–H and O–H groups in total. The Hall–Kier alpha value is -6.07. The van der Waals surface area contributed by atoms with Crippen LogP contribution in [0.15, 0.2) is 158 Å². The monoisotopic (exact) mass is 585 g/mol. The van der Waals surface area contributed by atoms with Gasteiger partial charge in [-0.3, -0.25) is 0 Å². The molecule has 46 heavy (non-hydrogen) atoms. The molecule has 9 rings (SSSR count). The molecule has 2 aromatic heterocycles. The molecule has 0 aliphatic heterocycles. The van der Waals surface area contributed by atoms with Crippen LogP contribution >= 0.6 is 0 Å². The zero-order valence-corrected chi connectivity index (χ0v) is 24.9. The van der Waals surface area contributed by atoms with E-state index in [9.17, 15) is 0 Å². The van der Waals surface area contributed by atoms with Crippen LogP contribution in [0.2, 0.25) is 0 Å². The van der Waals surface area contributed by atoms with Crippen molar-refractivity contribution < 1.29 is 0 Å². The van der Waals surface area contributed by atoms with Crippen molar-refractivity contribution >= 4 is 51.8 Å². The van der Waals surface area contributed by atoms with Crippen LogP contribution in [0.1, 0.15) is 0 Å². The zero-order chi connectivity index (χ0) is 29.7. The average molecular weight is 585 g/mol. The number of nitrogens with zero attached hydrogens (tertiary/aromatic N) is 4. The maximum Gasteiger partial charge on any atom is 0.164 e. The lowest BCUT2D eigenvalue weighted by atomic mass is 10.0. The fraction of sp³-hybridized carbons (Fsp3) is 0. The van der Waals surface area contributed by atoms with Crippen LogP contribution in [0, 0.1) is 0 Å². The SMILES string of the molecule is [B].c1ccc(-c2nc(-c3ccccc3)nc(-c3ccc(-n4c5ccccc5c5cc6ccccc6cc54)c4ccccc34)n2)cc1. The van der Waals surface area contributed by atoms with E-state index in [1.165, 1.54) is 32.6 Å². The average Bonchev–Trinajstić information content (AvgIpc) is 3.43. The number of rotatable bonds is 4. The van der Waals surface area contributed by atoms with Crippen molar-refractivity contribution in [3.63, 3.8) is 0 Å². The summed E-state index contributed by atoms with van der Waals surface area (Å²) in [5.41, 5.74) is 6.37. The van der Waals surface area contributed by atoms with Crippen molar-refractivity contribution in [2.75, 3.05) is 0 Å². The predicted molar refractivity (Wildman–Crippen MR) is 191 cm³/mol. The molecule has 0 unspecified atom stereocenters. The third kappa shape index (κ3) is 4.44. The van der Waals surface area contributed by atoms with Gasteiger partial charge < -0.3 is 4.57 Å². The molecule has 0 aliphatic rings. The number of hydrogen-bond acceptors (Lipinski definition) is 3. The highest BCUT2D eigenvalue weighted by Crippen LogP contribution is 2.39. The summed E-state index contributed by atoms with van der Waals surface area (Å²) in [7, 11) is 0. The predicted octanol–water partition coefficient (Wildman–Crippen LogP) is 9.90. The third-order valence-electron chi connectivity index (χ3n) is 8.62. The number of para-hydroxylation sites is 1. The van der Waals surface area contributed by atoms with Crippen molar-refractivity contribution in [3.8, 4) is 39.9 Å². The Labute approximate surface area is 268 Å². The zero-order valence-electron chi connectivity index (χ0n) is 24.9. The van der Waals surface area contributed by atoms with Gasteiger partial charge in [0.15, 0.2) is 17.5 Å². The summed E-state index contributed by atoms with van der Waals surface area (Å²) < 4.78 is 2.40. The molecule has 7 aromatic carbocycles. The fourth-order valence-corrected chi connectivity index (χ4v) is 6.52. The largest absolute Gasteiger partial charge is 0.309 e. The van der Waals surface area contributed by atoms with E-state index in [1.54, 1.807) is 0 Å². The number of benzene rings is 7. The molecule has 0 spiro atoms. The smallest absolute Gasteiger partial charge is 0.164 e. The molecule has 0 aliphatic carbocycles. The van der Waals surface area contributed by atoms with Gasteiger partial charge >= 0.3 is 0 Å². The van der Waals surface area contributed by atoms with Crippen LogP contribution < -0.4 is 0 Å². The number of fused-ring (bicyclic) bond motifs is 5. The topological polar surface area (TPSA) is 43.6 Å². The van der Waals surface area contributed by atoms with Crippen molar-refractivity contribution in [1.29, 1.82) is 0 Å². The van der Waals surface area contributed by atoms with Gasteiger partial charge in [0, 0.05) is 41.3 Å². The minimum Gasteiger partial charge on any atom is -0.309 e. The minimum atomic E-state index is 0. The molecule has 0 saturated carbocycles. The molecule has 0 atom stereocenters. The Kier molecular flexibility index (Phi) is 6.65. The second kappa shape index (κ2) is 11.1. The van der Waals surface area contributed by atoms with Crippen LogP contribution in [0.3, 0.4) is 0 Å². The Bertz CT molecular complexity index is 2480. The number of hydrogen-bond donors (Lipinski definition) is 0. The van der Waals surface area contributed by atoms with E-state index in [-0.39, 0.29) is 8.41 Å². The van der Waals surface area contributed by atoms with Gasteiger partial charge in [-0.25, -0.2) is 15.0 Å². The standard InChI is InChI=1S/C41H26N4.B/c1-3-13-27(14-4-1)39-42-40(28-15-5-2-6-16-28)44-41(43-39)34-23-24-37(32-20-10-9-19-31(32)34)45-36-22-12-11-21-33(36)35-25-29-17-7-8-18-30(29)26-38(35)45;/h1-26H;. The van der Waals surface area contributed by atoms with Gasteiger partial charge in [0.1, 0.15) is 0 Å². The Morgan fingerprint density at radius 3 is 1.57 bits per heavy atom. The summed E-state index contributed by atoms with van der Waals surface area (Å²) in [4.78, 5) is 15.0. The first-order valence-electron chi connectivity index (χ1n) is 15.1. The summed E-state index contributed by atoms with van der Waals surface area (Å²) in [6.45, 7) is 0. The highest BCUT2D eigenvalue weighted by molar-refractivity contribution is 6.15. The highest BCUT2D eigenvalue weighted by Gasteiger charge is 2.19. The van der Waals surface area contributed by atoms with E-state index in [1.807, 2.05) is 60.7 Å². The molecule has 4 nitrogen and oxygen atoms in total. The third-order valence-corrected chi connectivity index (χ3v) is 8.62. The van der Waals surface area contributed by atoms with Crippen LogP contribution in [-0.4, -0.2) is 27.9 Å². The van der Waals surface area contributed by atoms with E-state index >= 15 is 0 Å². The lowest BCUT2D eigenvalue weighted by Gasteiger charge is -2.15. The molecule has 213 valence electrons. The van der Waals surface area contributed by atoms with Gasteiger partial charge in [-0.2, -0.15) is 0 Å². The molecule has 0 bridgehead atoms. The van der Waals surface area contributed by atoms with Crippen LogP contribution in [-0.2, 0) is 0 Å². The van der Waals surface area contributed by atoms with Crippen LogP contribution in [0.4, 0.5) is 0 Å². The molecular weight excluding hydrogens is 559 g/mol. The molecule has 2 heterocycles. The van der Waals surface area contributed by atoms with Gasteiger partial charge in [0.05, 0.1) is 16.7 Å². The van der Waals surface area contributed by atoms with Crippen LogP contribution in [0.5, 0.6) is 0 Å². The molecular formula is C41H26BN4. The Balaban J connectivity index is 0.00000312. The molecule has 0 fully saturated rings. The number of aromatic nitrogens is 4. The van der Waals surface area contributed by atoms with Gasteiger partial charge in [-0.15, -0.1) is 0 Å². The van der Waals surface area contributed by atoms with E-state index in [0.717, 1.165) is 33.2 Å². The van der Waals surface area contributed by atoms with E-state index in [0.29, 0.717) is 17.5 Å². The summed E-state index contributed by atoms with van der Waals surface area (Å²) in [5, 5.41) is 7.17. The minimum absolute atomic E-state index is 0. The molecule has 0 saturated heterocycles. The van der Waals surface area contributed by atoms with Gasteiger partial charge in [0.2, 0.25) is 0 Å². The molecule has 5 heteroatoms. The summed E-state index contributed by atoms with van der Waals surface area (Å²) in [6.07, 6.45) is 0. The van der Waals surface area contributed by atoms with Crippen molar-refractivity contribution in [2.24, 2.45) is 0 Å². The molecule has 3 radical (unpaired) electrons. The van der Waals surface area contributed by atoms with E-state index < -0.39 is 0 Å².